The second kappa shape index (κ2) is 9.15. The molecular weight excluding hydrogens is 346 g/mol. The van der Waals surface area contributed by atoms with E-state index < -0.39 is 5.97 Å². The Morgan fingerprint density at radius 2 is 1.70 bits per heavy atom. The van der Waals surface area contributed by atoms with E-state index in [1.54, 1.807) is 55.5 Å². The Morgan fingerprint density at radius 1 is 1.07 bits per heavy atom. The highest BCUT2D eigenvalue weighted by Gasteiger charge is 2.17. The smallest absolute Gasteiger partial charge is 0.338 e. The number of hydrogen-bond donors (Lipinski definition) is 1. The van der Waals surface area contributed by atoms with Crippen LogP contribution in [0.2, 0.25) is 0 Å². The Hall–Kier alpha value is -3.66. The SMILES string of the molecule is CCOC(=O)c1ccc(N(CC(=O)Nc2ccc(C#N)cc2)C(C)=O)cc1. The molecule has 1 N–H and O–H groups in total. The molecule has 7 heteroatoms. The van der Waals surface area contributed by atoms with E-state index in [-0.39, 0.29) is 25.0 Å². The number of benzene rings is 2. The molecule has 2 aromatic carbocycles. The topological polar surface area (TPSA) is 99.5 Å². The second-order valence-electron chi connectivity index (χ2n) is 5.61. The average Bonchev–Trinajstić information content (AvgIpc) is 2.67. The van der Waals surface area contributed by atoms with Gasteiger partial charge in [-0.05, 0) is 55.5 Å². The molecule has 0 heterocycles. The lowest BCUT2D eigenvalue weighted by Gasteiger charge is -2.21. The number of nitriles is 1. The zero-order valence-electron chi connectivity index (χ0n) is 15.1. The van der Waals surface area contributed by atoms with Gasteiger partial charge in [0.25, 0.3) is 0 Å². The molecule has 0 radical (unpaired) electrons. The molecule has 138 valence electrons. The van der Waals surface area contributed by atoms with Crippen molar-refractivity contribution in [2.45, 2.75) is 13.8 Å². The van der Waals surface area contributed by atoms with Gasteiger partial charge in [0, 0.05) is 18.3 Å². The molecule has 0 unspecified atom stereocenters. The van der Waals surface area contributed by atoms with Crippen LogP contribution >= 0.6 is 0 Å². The van der Waals surface area contributed by atoms with Crippen LogP contribution in [0.1, 0.15) is 29.8 Å². The molecule has 0 spiro atoms. The first-order valence-electron chi connectivity index (χ1n) is 8.30. The number of ether oxygens (including phenoxy) is 1. The number of carbonyl (C=O) groups is 3. The van der Waals surface area contributed by atoms with Gasteiger partial charge in [0.1, 0.15) is 6.54 Å². The van der Waals surface area contributed by atoms with Gasteiger partial charge in [0.05, 0.1) is 23.8 Å². The highest BCUT2D eigenvalue weighted by molar-refractivity contribution is 6.02. The van der Waals surface area contributed by atoms with Crippen molar-refractivity contribution in [2.24, 2.45) is 0 Å². The Labute approximate surface area is 157 Å². The minimum Gasteiger partial charge on any atom is -0.462 e. The van der Waals surface area contributed by atoms with E-state index in [4.69, 9.17) is 10.00 Å². The third kappa shape index (κ3) is 5.41. The maximum absolute atomic E-state index is 12.3. The third-order valence-electron chi connectivity index (χ3n) is 3.67. The lowest BCUT2D eigenvalue weighted by atomic mass is 10.2. The van der Waals surface area contributed by atoms with Gasteiger partial charge in [-0.1, -0.05) is 0 Å². The summed E-state index contributed by atoms with van der Waals surface area (Å²) in [6.45, 7) is 3.16. The molecule has 0 atom stereocenters. The summed E-state index contributed by atoms with van der Waals surface area (Å²) in [5.41, 5.74) is 1.87. The largest absolute Gasteiger partial charge is 0.462 e. The molecule has 0 aliphatic carbocycles. The van der Waals surface area contributed by atoms with Gasteiger partial charge < -0.3 is 15.0 Å². The number of anilines is 2. The molecule has 2 rings (SSSR count). The zero-order chi connectivity index (χ0) is 19.8. The Morgan fingerprint density at radius 3 is 2.22 bits per heavy atom. The molecule has 27 heavy (non-hydrogen) atoms. The fourth-order valence-corrected chi connectivity index (χ4v) is 2.35. The lowest BCUT2D eigenvalue weighted by Crippen LogP contribution is -2.36. The molecule has 7 nitrogen and oxygen atoms in total. The van der Waals surface area contributed by atoms with Crippen LogP contribution in [0, 0.1) is 11.3 Å². The van der Waals surface area contributed by atoms with E-state index in [9.17, 15) is 14.4 Å². The van der Waals surface area contributed by atoms with E-state index in [0.717, 1.165) is 0 Å². The number of rotatable bonds is 6. The monoisotopic (exact) mass is 365 g/mol. The van der Waals surface area contributed by atoms with Crippen LogP contribution in [-0.2, 0) is 14.3 Å². The highest BCUT2D eigenvalue weighted by atomic mass is 16.5. The predicted octanol–water partition coefficient (Wildman–Crippen LogP) is 2.73. The van der Waals surface area contributed by atoms with E-state index in [2.05, 4.69) is 5.32 Å². The van der Waals surface area contributed by atoms with E-state index >= 15 is 0 Å². The normalized spacial score (nSPS) is 9.81. The van der Waals surface area contributed by atoms with Crippen molar-refractivity contribution in [1.82, 2.24) is 0 Å². The van der Waals surface area contributed by atoms with Crippen LogP contribution in [0.15, 0.2) is 48.5 Å². The first-order chi connectivity index (χ1) is 12.9. The van der Waals surface area contributed by atoms with Crippen LogP contribution in [0.4, 0.5) is 11.4 Å². The van der Waals surface area contributed by atoms with Crippen molar-refractivity contribution in [2.75, 3.05) is 23.4 Å². The maximum Gasteiger partial charge on any atom is 0.338 e. The van der Waals surface area contributed by atoms with Crippen molar-refractivity contribution in [3.05, 3.63) is 59.7 Å². The van der Waals surface area contributed by atoms with E-state index in [1.807, 2.05) is 6.07 Å². The Balaban J connectivity index is 2.08. The Bertz CT molecular complexity index is 868. The average molecular weight is 365 g/mol. The fourth-order valence-electron chi connectivity index (χ4n) is 2.35. The predicted molar refractivity (Wildman–Crippen MR) is 100 cm³/mol. The molecule has 2 amide bonds. The van der Waals surface area contributed by atoms with Gasteiger partial charge in [-0.2, -0.15) is 5.26 Å². The molecule has 2 aromatic rings. The molecule has 0 saturated carbocycles. The van der Waals surface area contributed by atoms with Crippen LogP contribution in [0.25, 0.3) is 0 Å². The standard InChI is InChI=1S/C20H19N3O4/c1-3-27-20(26)16-6-10-18(11-7-16)23(14(2)24)13-19(25)22-17-8-4-15(12-21)5-9-17/h4-11H,3,13H2,1-2H3,(H,22,25). The van der Waals surface area contributed by atoms with Crippen molar-refractivity contribution < 1.29 is 19.1 Å². The number of nitrogens with one attached hydrogen (secondary N) is 1. The van der Waals surface area contributed by atoms with E-state index in [0.29, 0.717) is 22.5 Å². The molecule has 0 aliphatic rings. The summed E-state index contributed by atoms with van der Waals surface area (Å²) >= 11 is 0. The summed E-state index contributed by atoms with van der Waals surface area (Å²) in [7, 11) is 0. The number of hydrogen-bond acceptors (Lipinski definition) is 5. The van der Waals surface area contributed by atoms with Crippen molar-refractivity contribution >= 4 is 29.2 Å². The van der Waals surface area contributed by atoms with Gasteiger partial charge in [-0.25, -0.2) is 4.79 Å². The van der Waals surface area contributed by atoms with Gasteiger partial charge >= 0.3 is 5.97 Å². The Kier molecular flexibility index (Phi) is 6.67. The van der Waals surface area contributed by atoms with Crippen molar-refractivity contribution in [3.63, 3.8) is 0 Å². The minimum atomic E-state index is -0.447. The van der Waals surface area contributed by atoms with E-state index in [1.165, 1.54) is 11.8 Å². The lowest BCUT2D eigenvalue weighted by molar-refractivity contribution is -0.120. The number of carbonyl (C=O) groups excluding carboxylic acids is 3. The van der Waals surface area contributed by atoms with Crippen LogP contribution in [0.3, 0.4) is 0 Å². The minimum absolute atomic E-state index is 0.186. The maximum atomic E-state index is 12.3. The zero-order valence-corrected chi connectivity index (χ0v) is 15.1. The van der Waals surface area contributed by atoms with Gasteiger partial charge in [-0.15, -0.1) is 0 Å². The first kappa shape index (κ1) is 19.7. The summed E-state index contributed by atoms with van der Waals surface area (Å²) in [6.07, 6.45) is 0. The molecule has 0 saturated heterocycles. The van der Waals surface area contributed by atoms with Crippen LogP contribution < -0.4 is 10.2 Å². The number of nitrogens with zero attached hydrogens (tertiary/aromatic N) is 2. The van der Waals surface area contributed by atoms with Crippen LogP contribution in [0.5, 0.6) is 0 Å². The van der Waals surface area contributed by atoms with Gasteiger partial charge in [0.2, 0.25) is 11.8 Å². The number of amides is 2. The third-order valence-corrected chi connectivity index (χ3v) is 3.67. The molecule has 0 aliphatic heterocycles. The summed E-state index contributed by atoms with van der Waals surface area (Å²) in [5.74, 6) is -1.14. The van der Waals surface area contributed by atoms with Gasteiger partial charge in [0.15, 0.2) is 0 Å². The summed E-state index contributed by atoms with van der Waals surface area (Å²) < 4.78 is 4.92. The number of esters is 1. The summed E-state index contributed by atoms with van der Waals surface area (Å²) in [4.78, 5) is 37.2. The fraction of sp³-hybridized carbons (Fsp3) is 0.200. The second-order valence-corrected chi connectivity index (χ2v) is 5.61. The molecular formula is C20H19N3O4. The van der Waals surface area contributed by atoms with Crippen LogP contribution in [-0.4, -0.2) is 30.9 Å². The summed E-state index contributed by atoms with van der Waals surface area (Å²) in [5, 5.41) is 11.5. The highest BCUT2D eigenvalue weighted by Crippen LogP contribution is 2.17. The molecule has 0 fully saturated rings. The van der Waals surface area contributed by atoms with Crippen molar-refractivity contribution in [3.8, 4) is 6.07 Å². The quantitative estimate of drug-likeness (QED) is 0.794. The first-order valence-corrected chi connectivity index (χ1v) is 8.30. The van der Waals surface area contributed by atoms with Crippen molar-refractivity contribution in [1.29, 1.82) is 5.26 Å². The summed E-state index contributed by atoms with van der Waals surface area (Å²) in [6, 6.07) is 14.7. The molecule has 0 bridgehead atoms. The molecule has 0 aromatic heterocycles. The van der Waals surface area contributed by atoms with Gasteiger partial charge in [-0.3, -0.25) is 9.59 Å².